The number of amides is 1. The third-order valence-corrected chi connectivity index (χ3v) is 2.26. The number of hydrogen-bond donors (Lipinski definition) is 0. The van der Waals surface area contributed by atoms with E-state index in [4.69, 9.17) is 0 Å². The molecule has 14 heavy (non-hydrogen) atoms. The molecule has 1 rings (SSSR count). The summed E-state index contributed by atoms with van der Waals surface area (Å²) in [4.78, 5) is 21.7. The maximum atomic E-state index is 11.5. The number of nitrogens with zero attached hydrogens (tertiary/aromatic N) is 2. The lowest BCUT2D eigenvalue weighted by Gasteiger charge is -2.28. The average molecular weight is 198 g/mol. The lowest BCUT2D eigenvalue weighted by atomic mass is 10.2. The van der Waals surface area contributed by atoms with Gasteiger partial charge in [0.25, 0.3) is 0 Å². The molecule has 0 radical (unpaired) electrons. The van der Waals surface area contributed by atoms with E-state index in [2.05, 4.69) is 13.8 Å². The minimum Gasteiger partial charge on any atom is -0.303 e. The van der Waals surface area contributed by atoms with Crippen LogP contribution in [0.5, 0.6) is 0 Å². The zero-order valence-corrected chi connectivity index (χ0v) is 8.90. The fourth-order valence-electron chi connectivity index (χ4n) is 1.63. The van der Waals surface area contributed by atoms with E-state index >= 15 is 0 Å². The molecule has 0 aliphatic carbocycles. The molecule has 1 amide bonds. The Kier molecular flexibility index (Phi) is 4.07. The Morgan fingerprint density at radius 3 is 2.79 bits per heavy atom. The first-order chi connectivity index (χ1) is 6.65. The van der Waals surface area contributed by atoms with E-state index in [1.165, 1.54) is 0 Å². The van der Waals surface area contributed by atoms with Crippen molar-refractivity contribution in [2.45, 2.75) is 26.7 Å². The maximum absolute atomic E-state index is 11.5. The van der Waals surface area contributed by atoms with Crippen molar-refractivity contribution in [3.63, 3.8) is 0 Å². The summed E-state index contributed by atoms with van der Waals surface area (Å²) < 4.78 is 0. The summed E-state index contributed by atoms with van der Waals surface area (Å²) in [5.41, 5.74) is 0. The van der Waals surface area contributed by atoms with Crippen LogP contribution in [0, 0.1) is 5.92 Å². The second kappa shape index (κ2) is 5.10. The molecule has 1 saturated heterocycles. The van der Waals surface area contributed by atoms with Gasteiger partial charge in [-0.3, -0.25) is 9.80 Å². The van der Waals surface area contributed by atoms with Crippen molar-refractivity contribution in [2.24, 2.45) is 5.92 Å². The van der Waals surface area contributed by atoms with Crippen LogP contribution in [0.25, 0.3) is 0 Å². The summed E-state index contributed by atoms with van der Waals surface area (Å²) in [6, 6.07) is 0. The first-order valence-electron chi connectivity index (χ1n) is 5.14. The van der Waals surface area contributed by atoms with Crippen LogP contribution >= 0.6 is 0 Å². The van der Waals surface area contributed by atoms with E-state index < -0.39 is 0 Å². The van der Waals surface area contributed by atoms with E-state index in [9.17, 15) is 9.59 Å². The largest absolute Gasteiger partial charge is 0.303 e. The Bertz CT molecular complexity index is 216. The highest BCUT2D eigenvalue weighted by molar-refractivity contribution is 5.77. The summed E-state index contributed by atoms with van der Waals surface area (Å²) in [7, 11) is 0. The smallest absolute Gasteiger partial charge is 0.238 e. The van der Waals surface area contributed by atoms with E-state index in [0.29, 0.717) is 25.3 Å². The van der Waals surface area contributed by atoms with Crippen molar-refractivity contribution in [3.05, 3.63) is 0 Å². The van der Waals surface area contributed by atoms with Gasteiger partial charge >= 0.3 is 0 Å². The highest BCUT2D eigenvalue weighted by Crippen LogP contribution is 2.14. The van der Waals surface area contributed by atoms with Crippen LogP contribution < -0.4 is 0 Å². The Morgan fingerprint density at radius 1 is 1.50 bits per heavy atom. The molecule has 0 aromatic heterocycles. The lowest BCUT2D eigenvalue weighted by molar-refractivity contribution is -0.139. The first kappa shape index (κ1) is 11.2. The molecule has 1 heterocycles. The molecule has 1 aliphatic rings. The molecule has 4 nitrogen and oxygen atoms in total. The molecular weight excluding hydrogens is 180 g/mol. The molecule has 0 aromatic carbocycles. The minimum absolute atomic E-state index is 0.185. The molecule has 0 atom stereocenters. The second-order valence-corrected chi connectivity index (χ2v) is 4.03. The van der Waals surface area contributed by atoms with Crippen molar-refractivity contribution >= 4 is 12.2 Å². The third-order valence-electron chi connectivity index (χ3n) is 2.26. The summed E-state index contributed by atoms with van der Waals surface area (Å²) in [5.74, 6) is 0.653. The predicted octanol–water partition coefficient (Wildman–Crippen LogP) is 0.681. The first-order valence-corrected chi connectivity index (χ1v) is 5.14. The van der Waals surface area contributed by atoms with Gasteiger partial charge in [-0.2, -0.15) is 0 Å². The monoisotopic (exact) mass is 198 g/mol. The van der Waals surface area contributed by atoms with Crippen LogP contribution in [-0.2, 0) is 9.59 Å². The second-order valence-electron chi connectivity index (χ2n) is 4.03. The van der Waals surface area contributed by atoms with Gasteiger partial charge in [-0.05, 0) is 5.92 Å². The van der Waals surface area contributed by atoms with E-state index in [1.807, 2.05) is 5.01 Å². The van der Waals surface area contributed by atoms with Crippen molar-refractivity contribution < 1.29 is 9.59 Å². The van der Waals surface area contributed by atoms with Crippen LogP contribution in [0.1, 0.15) is 26.7 Å². The SMILES string of the molecule is CC(C)CN1C(=O)CCN1CCC=O. The van der Waals surface area contributed by atoms with Crippen LogP contribution in [0.4, 0.5) is 0 Å². The highest BCUT2D eigenvalue weighted by Gasteiger charge is 2.28. The topological polar surface area (TPSA) is 40.6 Å². The van der Waals surface area contributed by atoms with Gasteiger partial charge in [-0.25, -0.2) is 5.01 Å². The predicted molar refractivity (Wildman–Crippen MR) is 53.4 cm³/mol. The van der Waals surface area contributed by atoms with Gasteiger partial charge in [0.2, 0.25) is 5.91 Å². The Morgan fingerprint density at radius 2 is 2.21 bits per heavy atom. The Hall–Kier alpha value is -0.900. The Labute approximate surface area is 84.8 Å². The molecule has 0 bridgehead atoms. The normalized spacial score (nSPS) is 18.2. The van der Waals surface area contributed by atoms with Gasteiger partial charge in [0, 0.05) is 32.5 Å². The Balaban J connectivity index is 2.48. The molecule has 0 saturated carbocycles. The molecule has 0 unspecified atom stereocenters. The number of carbonyl (C=O) groups is 2. The molecule has 1 aliphatic heterocycles. The quantitative estimate of drug-likeness (QED) is 0.610. The number of aldehydes is 1. The van der Waals surface area contributed by atoms with E-state index in [-0.39, 0.29) is 5.91 Å². The van der Waals surface area contributed by atoms with Crippen LogP contribution in [0.2, 0.25) is 0 Å². The maximum Gasteiger partial charge on any atom is 0.238 e. The van der Waals surface area contributed by atoms with Crippen molar-refractivity contribution in [1.29, 1.82) is 0 Å². The highest BCUT2D eigenvalue weighted by atomic mass is 16.2. The van der Waals surface area contributed by atoms with Crippen molar-refractivity contribution in [2.75, 3.05) is 19.6 Å². The van der Waals surface area contributed by atoms with Crippen molar-refractivity contribution in [1.82, 2.24) is 10.0 Å². The summed E-state index contributed by atoms with van der Waals surface area (Å²) in [6.45, 7) is 6.37. The number of carbonyl (C=O) groups excluding carboxylic acids is 2. The van der Waals surface area contributed by atoms with Gasteiger partial charge < -0.3 is 4.79 Å². The van der Waals surface area contributed by atoms with Gasteiger partial charge in [0.1, 0.15) is 6.29 Å². The van der Waals surface area contributed by atoms with Gasteiger partial charge in [-0.1, -0.05) is 13.8 Å². The van der Waals surface area contributed by atoms with E-state index in [0.717, 1.165) is 19.4 Å². The van der Waals surface area contributed by atoms with Gasteiger partial charge in [0.15, 0.2) is 0 Å². The van der Waals surface area contributed by atoms with Crippen molar-refractivity contribution in [3.8, 4) is 0 Å². The van der Waals surface area contributed by atoms with Gasteiger partial charge in [0.05, 0.1) is 0 Å². The third kappa shape index (κ3) is 2.80. The van der Waals surface area contributed by atoms with E-state index in [1.54, 1.807) is 5.01 Å². The van der Waals surface area contributed by atoms with Gasteiger partial charge in [-0.15, -0.1) is 0 Å². The summed E-state index contributed by atoms with van der Waals surface area (Å²) in [6.07, 6.45) is 1.99. The summed E-state index contributed by atoms with van der Waals surface area (Å²) >= 11 is 0. The van der Waals surface area contributed by atoms with Crippen LogP contribution in [0.15, 0.2) is 0 Å². The minimum atomic E-state index is 0.185. The van der Waals surface area contributed by atoms with Crippen LogP contribution in [0.3, 0.4) is 0 Å². The molecular formula is C10H18N2O2. The molecule has 80 valence electrons. The average Bonchev–Trinajstić information content (AvgIpc) is 2.45. The lowest BCUT2D eigenvalue weighted by Crippen LogP contribution is -2.41. The fraction of sp³-hybridized carbons (Fsp3) is 0.800. The molecule has 1 fully saturated rings. The number of rotatable bonds is 5. The number of hydrogen-bond acceptors (Lipinski definition) is 3. The fourth-order valence-corrected chi connectivity index (χ4v) is 1.63. The molecule has 0 aromatic rings. The number of hydrazine groups is 1. The standard InChI is InChI=1S/C10H18N2O2/c1-9(2)8-12-10(14)4-6-11(12)5-3-7-13/h7,9H,3-6,8H2,1-2H3. The summed E-state index contributed by atoms with van der Waals surface area (Å²) in [5, 5.41) is 3.77. The molecule has 0 spiro atoms. The molecule has 4 heteroatoms. The van der Waals surface area contributed by atoms with Crippen LogP contribution in [-0.4, -0.2) is 41.8 Å². The zero-order chi connectivity index (χ0) is 10.6. The zero-order valence-electron chi connectivity index (χ0n) is 8.90. The molecule has 0 N–H and O–H groups in total.